The summed E-state index contributed by atoms with van der Waals surface area (Å²) in [7, 11) is -3.62. The first-order chi connectivity index (χ1) is 18.5. The van der Waals surface area contributed by atoms with Crippen LogP contribution in [0.5, 0.6) is 0 Å². The van der Waals surface area contributed by atoms with E-state index in [0.29, 0.717) is 10.5 Å². The van der Waals surface area contributed by atoms with Crippen molar-refractivity contribution in [2.24, 2.45) is 0 Å². The third-order valence-electron chi connectivity index (χ3n) is 6.15. The topological polar surface area (TPSA) is 186 Å². The van der Waals surface area contributed by atoms with Crippen molar-refractivity contribution in [1.29, 1.82) is 0 Å². The van der Waals surface area contributed by atoms with Crippen LogP contribution in [0.3, 0.4) is 0 Å². The largest absolute Gasteiger partial charge is 1.00 e. The van der Waals surface area contributed by atoms with Crippen LogP contribution in [-0.2, 0) is 36.0 Å². The Morgan fingerprint density at radius 3 is 2.20 bits per heavy atom. The summed E-state index contributed by atoms with van der Waals surface area (Å²) in [5.74, 6) is -2.85. The molecule has 14 nitrogen and oxygen atoms in total. The third-order valence-corrected chi connectivity index (χ3v) is 7.02. The van der Waals surface area contributed by atoms with Crippen LogP contribution in [0.25, 0.3) is 0 Å². The van der Waals surface area contributed by atoms with Crippen LogP contribution >= 0.6 is 0 Å². The first-order valence-corrected chi connectivity index (χ1v) is 13.0. The molecule has 2 N–H and O–H groups in total. The zero-order chi connectivity index (χ0) is 28.3. The fraction of sp³-hybridized carbons (Fsp3) is 0.292. The molecule has 2 aliphatic heterocycles. The summed E-state index contributed by atoms with van der Waals surface area (Å²) in [6, 6.07) is 10.7. The SMILES string of the molecule is CN1CC(C(=O)OCc2ccccc2)N(C(=O)NC(C(=O)NC2CN(S(=O)(=O)[O-])C2=O)c2ccccc2)C1=O.[Na+]. The van der Waals surface area contributed by atoms with Crippen molar-refractivity contribution in [3.63, 3.8) is 0 Å². The summed E-state index contributed by atoms with van der Waals surface area (Å²) >= 11 is 0. The fourth-order valence-electron chi connectivity index (χ4n) is 4.07. The van der Waals surface area contributed by atoms with E-state index in [-0.39, 0.29) is 52.6 Å². The monoisotopic (exact) mass is 581 g/mol. The van der Waals surface area contributed by atoms with E-state index >= 15 is 0 Å². The second-order valence-electron chi connectivity index (χ2n) is 8.82. The zero-order valence-electron chi connectivity index (χ0n) is 21.6. The Bertz CT molecular complexity index is 1390. The molecule has 0 spiro atoms. The van der Waals surface area contributed by atoms with Gasteiger partial charge < -0.3 is 24.8 Å². The number of nitrogens with zero attached hydrogens (tertiary/aromatic N) is 3. The number of hydrogen-bond donors (Lipinski definition) is 2. The van der Waals surface area contributed by atoms with E-state index in [1.165, 1.54) is 19.2 Å². The fourth-order valence-corrected chi connectivity index (χ4v) is 4.75. The number of β-lactam (4-membered cyclic amide) rings is 1. The molecule has 16 heteroatoms. The van der Waals surface area contributed by atoms with Crippen molar-refractivity contribution in [3.05, 3.63) is 71.8 Å². The number of urea groups is 2. The maximum Gasteiger partial charge on any atom is 1.00 e. The molecule has 2 aromatic carbocycles. The number of benzene rings is 2. The van der Waals surface area contributed by atoms with Crippen LogP contribution in [0.2, 0.25) is 0 Å². The van der Waals surface area contributed by atoms with Crippen LogP contribution in [0.15, 0.2) is 60.7 Å². The molecule has 4 rings (SSSR count). The Morgan fingerprint density at radius 2 is 1.62 bits per heavy atom. The summed E-state index contributed by atoms with van der Waals surface area (Å²) in [5.41, 5.74) is 0.973. The predicted octanol–water partition coefficient (Wildman–Crippen LogP) is -3.29. The average molecular weight is 582 g/mol. The number of rotatable bonds is 8. The third kappa shape index (κ3) is 6.79. The molecular weight excluding hydrogens is 557 g/mol. The van der Waals surface area contributed by atoms with Gasteiger partial charge >= 0.3 is 47.6 Å². The Labute approximate surface area is 251 Å². The molecule has 0 aromatic heterocycles. The number of esters is 1. The quantitative estimate of drug-likeness (QED) is 0.140. The molecule has 0 bridgehead atoms. The molecule has 0 radical (unpaired) electrons. The Kier molecular flexibility index (Phi) is 9.92. The maximum absolute atomic E-state index is 13.3. The number of nitrogens with one attached hydrogen (secondary N) is 2. The van der Waals surface area contributed by atoms with Gasteiger partial charge in [0.05, 0.1) is 13.1 Å². The van der Waals surface area contributed by atoms with Gasteiger partial charge in [-0.1, -0.05) is 60.7 Å². The normalized spacial score (nSPS) is 19.3. The second kappa shape index (κ2) is 12.8. The van der Waals surface area contributed by atoms with Gasteiger partial charge in [0.15, 0.2) is 16.3 Å². The van der Waals surface area contributed by atoms with E-state index in [0.717, 1.165) is 4.90 Å². The Morgan fingerprint density at radius 1 is 1.02 bits per heavy atom. The van der Waals surface area contributed by atoms with Crippen LogP contribution in [0.4, 0.5) is 9.59 Å². The van der Waals surface area contributed by atoms with E-state index in [1.54, 1.807) is 48.5 Å². The number of imide groups is 1. The van der Waals surface area contributed by atoms with Crippen molar-refractivity contribution in [1.82, 2.24) is 24.7 Å². The summed E-state index contributed by atoms with van der Waals surface area (Å²) in [6.45, 7) is -0.779. The van der Waals surface area contributed by atoms with Crippen molar-refractivity contribution >= 4 is 40.2 Å². The standard InChI is InChI=1S/C24H25N5O9S.Na/c1-27-13-18(22(32)38-14-15-8-4-2-5-9-15)29(24(27)34)23(33)26-19(16-10-6-3-7-11-16)20(30)25-17-12-28(21(17)31)39(35,36)37;/h2-11,17-19H,12-14H2,1H3,(H,25,30)(H,26,33)(H,35,36,37);/q;+1/p-1. The summed E-state index contributed by atoms with van der Waals surface area (Å²) in [5, 5.41) is 4.71. The zero-order valence-corrected chi connectivity index (χ0v) is 24.4. The van der Waals surface area contributed by atoms with Gasteiger partial charge in [0.1, 0.15) is 18.7 Å². The van der Waals surface area contributed by atoms with Gasteiger partial charge in [0, 0.05) is 7.05 Å². The van der Waals surface area contributed by atoms with Crippen LogP contribution < -0.4 is 40.2 Å². The minimum atomic E-state index is -5.01. The van der Waals surface area contributed by atoms with Crippen molar-refractivity contribution in [2.45, 2.75) is 24.7 Å². The van der Waals surface area contributed by atoms with E-state index in [9.17, 15) is 36.9 Å². The van der Waals surface area contributed by atoms with Gasteiger partial charge in [0.25, 0.3) is 5.91 Å². The van der Waals surface area contributed by atoms with E-state index in [1.807, 2.05) is 0 Å². The smallest absolute Gasteiger partial charge is 0.731 e. The summed E-state index contributed by atoms with van der Waals surface area (Å²) in [4.78, 5) is 65.8. The minimum Gasteiger partial charge on any atom is -0.731 e. The molecule has 206 valence electrons. The van der Waals surface area contributed by atoms with Gasteiger partial charge in [-0.2, -0.15) is 0 Å². The molecule has 0 saturated carbocycles. The van der Waals surface area contributed by atoms with Gasteiger partial charge in [-0.3, -0.25) is 9.59 Å². The molecular formula is C24H24N5NaO9S. The Hall–Kier alpha value is -3.50. The first-order valence-electron chi connectivity index (χ1n) is 11.7. The molecule has 3 unspecified atom stereocenters. The first kappa shape index (κ1) is 31.0. The van der Waals surface area contributed by atoms with E-state index in [4.69, 9.17) is 4.74 Å². The predicted molar refractivity (Wildman–Crippen MR) is 131 cm³/mol. The molecule has 2 aromatic rings. The van der Waals surface area contributed by atoms with Crippen molar-refractivity contribution in [2.75, 3.05) is 20.1 Å². The number of amides is 6. The number of carbonyl (C=O) groups excluding carboxylic acids is 5. The summed E-state index contributed by atoms with van der Waals surface area (Å²) < 4.78 is 38.6. The van der Waals surface area contributed by atoms with Crippen molar-refractivity contribution in [3.8, 4) is 0 Å². The number of likely N-dealkylation sites (N-methyl/N-ethyl adjacent to an activating group) is 1. The average Bonchev–Trinajstić information content (AvgIpc) is 3.21. The molecule has 2 fully saturated rings. The molecule has 40 heavy (non-hydrogen) atoms. The summed E-state index contributed by atoms with van der Waals surface area (Å²) in [6.07, 6.45) is 0. The van der Waals surface area contributed by atoms with Gasteiger partial charge in [0.2, 0.25) is 5.91 Å². The molecule has 2 heterocycles. The number of carbonyl (C=O) groups is 5. The van der Waals surface area contributed by atoms with Crippen molar-refractivity contribution < 1.29 is 71.2 Å². The second-order valence-corrected chi connectivity index (χ2v) is 10.1. The van der Waals surface area contributed by atoms with Gasteiger partial charge in [-0.25, -0.2) is 32.0 Å². The molecule has 0 aliphatic carbocycles. The van der Waals surface area contributed by atoms with E-state index in [2.05, 4.69) is 10.6 Å². The minimum absolute atomic E-state index is 0. The van der Waals surface area contributed by atoms with Crippen LogP contribution in [-0.4, -0.2) is 89.1 Å². The molecule has 3 atom stereocenters. The van der Waals surface area contributed by atoms with Crippen LogP contribution in [0, 0.1) is 0 Å². The van der Waals surface area contributed by atoms with E-state index < -0.39 is 64.8 Å². The van der Waals surface area contributed by atoms with Gasteiger partial charge in [-0.05, 0) is 11.1 Å². The maximum atomic E-state index is 13.3. The number of ether oxygens (including phenoxy) is 1. The van der Waals surface area contributed by atoms with Crippen LogP contribution in [0.1, 0.15) is 17.2 Å². The number of hydrogen-bond acceptors (Lipinski definition) is 9. The Balaban J connectivity index is 0.00000441. The molecule has 2 aliphatic rings. The molecule has 2 saturated heterocycles. The molecule has 6 amide bonds. The van der Waals surface area contributed by atoms with Gasteiger partial charge in [-0.15, -0.1) is 0 Å².